The Kier molecular flexibility index (Phi) is 64.8. The summed E-state index contributed by atoms with van der Waals surface area (Å²) in [5, 5.41) is 29.7. The number of aliphatic carboxylic acids is 1. The Morgan fingerprint density at radius 1 is 0.385 bits per heavy atom. The number of hydrogen-bond acceptors (Lipinski definition) is 22. The molecule has 23 heteroatoms. The van der Waals surface area contributed by atoms with E-state index in [4.69, 9.17) is 52.5 Å². The minimum atomic E-state index is -0.722. The minimum absolute atomic E-state index is 0. The molecule has 18 rings (SSSR count). The first kappa shape index (κ1) is 158. The van der Waals surface area contributed by atoms with Crippen molar-refractivity contribution in [2.45, 2.75) is 626 Å². The van der Waals surface area contributed by atoms with E-state index in [0.717, 1.165) is 164 Å². The fourth-order valence-electron chi connectivity index (χ4n) is 24.7. The van der Waals surface area contributed by atoms with Crippen LogP contribution in [-0.4, -0.2) is 151 Å². The highest BCUT2D eigenvalue weighted by molar-refractivity contribution is 5.81. The van der Waals surface area contributed by atoms with Crippen molar-refractivity contribution >= 4 is 59.7 Å². The van der Waals surface area contributed by atoms with E-state index in [1.807, 2.05) is 145 Å². The number of carboxylic acids is 1. The Morgan fingerprint density at radius 2 is 0.736 bits per heavy atom. The summed E-state index contributed by atoms with van der Waals surface area (Å²) in [5.74, 6) is 6.04. The van der Waals surface area contributed by atoms with Gasteiger partial charge in [0.15, 0.2) is 12.2 Å². The Labute approximate surface area is 912 Å². The molecule has 23 nitrogen and oxygen atoms in total. The Bertz CT molecular complexity index is 3880. The third kappa shape index (κ3) is 35.8. The molecule has 18 unspecified atom stereocenters. The summed E-state index contributed by atoms with van der Waals surface area (Å²) >= 11 is 0. The molecule has 4 saturated heterocycles. The second-order valence-corrected chi connectivity index (χ2v) is 49.6. The summed E-state index contributed by atoms with van der Waals surface area (Å²) in [6, 6.07) is 0. The lowest BCUT2D eigenvalue weighted by atomic mass is 9.52. The van der Waals surface area contributed by atoms with Crippen molar-refractivity contribution in [3.8, 4) is 0 Å². The van der Waals surface area contributed by atoms with Crippen molar-refractivity contribution in [2.75, 3.05) is 6.61 Å². The fraction of sp³-hybridized carbons (Fsp3) is 0.920. The average molecular weight is 2120 g/mol. The second-order valence-electron chi connectivity index (χ2n) is 49.6. The number of hydrogen-bond donors (Lipinski definition) is 3. The van der Waals surface area contributed by atoms with Crippen LogP contribution < -0.4 is 0 Å². The van der Waals surface area contributed by atoms with Gasteiger partial charge in [0, 0.05) is 18.8 Å². The molecular formula is C125H246O23. The molecule has 0 aromatic rings. The molecule has 14 bridgehead atoms. The topological polar surface area (TPSA) is 324 Å². The zero-order valence-electron chi connectivity index (χ0n) is 87.4. The summed E-state index contributed by atoms with van der Waals surface area (Å²) in [6.45, 7) is 55.5. The van der Waals surface area contributed by atoms with E-state index in [2.05, 4.69) is 34.6 Å². The van der Waals surface area contributed by atoms with Crippen LogP contribution in [0.1, 0.15) is 557 Å². The van der Waals surface area contributed by atoms with Crippen LogP contribution in [0.15, 0.2) is 0 Å². The van der Waals surface area contributed by atoms with Crippen molar-refractivity contribution in [1.82, 2.24) is 0 Å². The van der Waals surface area contributed by atoms with E-state index >= 15 is 0 Å². The van der Waals surface area contributed by atoms with Gasteiger partial charge in [0.1, 0.15) is 46.8 Å². The van der Waals surface area contributed by atoms with Gasteiger partial charge in [-0.2, -0.15) is 0 Å². The van der Waals surface area contributed by atoms with E-state index in [-0.39, 0.29) is 254 Å². The number of carbonyl (C=O) groups excluding carboxylic acids is 9. The first-order chi connectivity index (χ1) is 61.2. The summed E-state index contributed by atoms with van der Waals surface area (Å²) in [5.41, 5.74) is -5.62. The van der Waals surface area contributed by atoms with Gasteiger partial charge in [-0.25, -0.2) is 0 Å². The molecule has 14 saturated carbocycles. The number of fused-ring (bicyclic) bond motifs is 10. The van der Waals surface area contributed by atoms with Crippen LogP contribution in [0.2, 0.25) is 0 Å². The quantitative estimate of drug-likeness (QED) is 0.0391. The first-order valence-corrected chi connectivity index (χ1v) is 52.5. The Morgan fingerprint density at radius 3 is 1.07 bits per heavy atom. The van der Waals surface area contributed by atoms with Crippen LogP contribution in [0.4, 0.5) is 0 Å². The third-order valence-electron chi connectivity index (χ3n) is 36.7. The largest absolute Gasteiger partial charge is 0.481 e. The molecule has 148 heavy (non-hydrogen) atoms. The summed E-state index contributed by atoms with van der Waals surface area (Å²) < 4.78 is 56.3. The molecule has 18 atom stereocenters. The Balaban J connectivity index is -0.000000251. The maximum Gasteiger partial charge on any atom is 0.312 e. The number of aliphatic hydroxyl groups is 2. The number of carboxylic acid groups (broad SMARTS) is 1. The molecule has 0 aromatic carbocycles. The molecule has 884 valence electrons. The predicted octanol–water partition coefficient (Wildman–Crippen LogP) is 32.9. The van der Waals surface area contributed by atoms with Gasteiger partial charge in [0.2, 0.25) is 0 Å². The van der Waals surface area contributed by atoms with Crippen LogP contribution in [-0.2, 0) is 95.3 Å². The summed E-state index contributed by atoms with van der Waals surface area (Å²) in [6.07, 6.45) is 35.7. The lowest BCUT2D eigenvalue weighted by molar-refractivity contribution is -0.226. The van der Waals surface area contributed by atoms with E-state index < -0.39 is 56.5 Å². The van der Waals surface area contributed by atoms with Crippen molar-refractivity contribution < 1.29 is 111 Å². The second kappa shape index (κ2) is 60.8. The summed E-state index contributed by atoms with van der Waals surface area (Å²) in [7, 11) is 0. The van der Waals surface area contributed by atoms with Crippen LogP contribution in [0.5, 0.6) is 0 Å². The van der Waals surface area contributed by atoms with Crippen LogP contribution in [0.3, 0.4) is 0 Å². The monoisotopic (exact) mass is 2120 g/mol. The maximum absolute atomic E-state index is 12.7. The standard InChI is InChI=1S/C20H32O2.2C16H26O3.C15H28O2.C13H18O5.C13H24O2.C10H16O4.C6H12O2.16CH4/c1-5-19(3,4)18(21)22-20(6-2)11-14-10-15(20)17-13-8-7-12(9-13)16(14)17;2*1-4-14(2,3)13(17)19-16-8-11-5-12(9-16)7-15(18,6-11)10-16;1-6-12(3)15(10-8-9-11-15)17-13(16)14(4,5)7-2;1-4-13(2,3)12(15)18-9-7-5-6-8(16-7)10(9)17-11(6)14;1-5-12(3,4)11(14)15-13(6-2)9-7-8-10-13;1-4-10(2,3)9(12)14-7-5-8(11)13-6-7;1-4-6(2,3)5(7)8;;;;;;;;;;;;;;;;/h12-17H,5-11H2,1-4H3;2*11-12,18H,4-10H2,1-3H3;12H,6-11H2,1-5H3;6-10H,4-5H2,1-3H3;5-10H2,1-4H3;7H,4-6H2,1-3H3;4H2,1-3H3,(H,7,8);16*1H4. The molecule has 0 amide bonds. The van der Waals surface area contributed by atoms with Gasteiger partial charge in [-0.05, 0) is 395 Å². The molecule has 14 aliphatic carbocycles. The average Bonchev–Trinajstić information content (AvgIpc) is 1.52. The highest BCUT2D eigenvalue weighted by Gasteiger charge is 2.70. The van der Waals surface area contributed by atoms with E-state index in [1.54, 1.807) is 13.8 Å². The molecule has 18 fully saturated rings. The van der Waals surface area contributed by atoms with E-state index in [0.29, 0.717) is 74.0 Å². The number of rotatable bonds is 27. The van der Waals surface area contributed by atoms with Crippen molar-refractivity contribution in [1.29, 1.82) is 0 Å². The van der Waals surface area contributed by atoms with Crippen molar-refractivity contribution in [2.24, 2.45) is 114 Å². The predicted molar refractivity (Wildman–Crippen MR) is 614 cm³/mol. The third-order valence-corrected chi connectivity index (χ3v) is 36.7. The highest BCUT2D eigenvalue weighted by atomic mass is 16.7. The van der Waals surface area contributed by atoms with Gasteiger partial charge < -0.3 is 62.7 Å². The van der Waals surface area contributed by atoms with Gasteiger partial charge in [-0.3, -0.25) is 47.9 Å². The number of esters is 9. The first-order valence-electron chi connectivity index (χ1n) is 52.5. The molecule has 4 aliphatic heterocycles. The highest BCUT2D eigenvalue weighted by Crippen LogP contribution is 2.71. The molecule has 0 spiro atoms. The lowest BCUT2D eigenvalue weighted by Crippen LogP contribution is -2.61. The molecule has 18 aliphatic rings. The smallest absolute Gasteiger partial charge is 0.312 e. The van der Waals surface area contributed by atoms with Crippen LogP contribution >= 0.6 is 0 Å². The van der Waals surface area contributed by atoms with Gasteiger partial charge in [0.25, 0.3) is 0 Å². The van der Waals surface area contributed by atoms with Crippen LogP contribution in [0, 0.1) is 114 Å². The van der Waals surface area contributed by atoms with E-state index in [1.165, 1.54) is 64.2 Å². The molecule has 4 heterocycles. The molecular weight excluding hydrogens is 1870 g/mol. The fourth-order valence-corrected chi connectivity index (χ4v) is 24.7. The van der Waals surface area contributed by atoms with Gasteiger partial charge in [-0.15, -0.1) is 0 Å². The molecule has 0 radical (unpaired) electrons. The number of carbonyl (C=O) groups is 10. The minimum Gasteiger partial charge on any atom is -0.481 e. The van der Waals surface area contributed by atoms with Crippen LogP contribution in [0.25, 0.3) is 0 Å². The lowest BCUT2D eigenvalue weighted by Gasteiger charge is -2.59. The van der Waals surface area contributed by atoms with Gasteiger partial charge in [-0.1, -0.05) is 202 Å². The zero-order valence-corrected chi connectivity index (χ0v) is 87.4. The van der Waals surface area contributed by atoms with Crippen molar-refractivity contribution in [3.63, 3.8) is 0 Å². The maximum atomic E-state index is 12.7. The Hall–Kier alpha value is -5.42. The van der Waals surface area contributed by atoms with Crippen molar-refractivity contribution in [3.05, 3.63) is 0 Å². The summed E-state index contributed by atoms with van der Waals surface area (Å²) in [4.78, 5) is 118. The normalized spacial score (nSPS) is 30.8. The van der Waals surface area contributed by atoms with Gasteiger partial charge >= 0.3 is 59.7 Å². The number of ether oxygens (including phenoxy) is 10. The molecule has 0 aromatic heterocycles. The SMILES string of the molecule is C.C.C.C.C.C.C.C.C.C.C.C.C.C.C.C.CCC(C)(C)C(=O)O.CCC(C)(C)C(=O)OC1(CC)CC2CC1C1C3CCC(C3)C21.CCC(C)(C)C(=O)OC12CC3CC(CC(O)(C3)C1)C2.CCC(C)(C)C(=O)OC12CC3CC(CC(O)(C3)C1)C2.CCC(C)(C)C(=O)OC1C2CC3C(=O)OC1C3O2.CCC(C)(C)C(=O)OC1COC(=O)C1.CCC(C)C1(OC(=O)C(C)(C)CC)CCCC1.CCC1(OC(=O)C(C)(C)CC)CCCC1. The van der Waals surface area contributed by atoms with Gasteiger partial charge in [0.05, 0.1) is 73.0 Å². The van der Waals surface area contributed by atoms with E-state index in [9.17, 15) is 58.2 Å². The zero-order chi connectivity index (χ0) is 98.7. The number of cyclic esters (lactones) is 1. The molecule has 3 N–H and O–H groups in total.